The monoisotopic (exact) mass is 394 g/mol. The second-order valence-electron chi connectivity index (χ2n) is 6.55. The topological polar surface area (TPSA) is 59.0 Å². The number of benzene rings is 2. The highest BCUT2D eigenvalue weighted by Gasteiger charge is 2.36. The van der Waals surface area contributed by atoms with Crippen molar-refractivity contribution < 1.29 is 4.74 Å². The van der Waals surface area contributed by atoms with E-state index < -0.39 is 0 Å². The van der Waals surface area contributed by atoms with Crippen molar-refractivity contribution in [3.8, 4) is 6.07 Å². The van der Waals surface area contributed by atoms with E-state index in [9.17, 15) is 5.26 Å². The van der Waals surface area contributed by atoms with Gasteiger partial charge in [-0.2, -0.15) is 5.26 Å². The van der Waals surface area contributed by atoms with Crippen molar-refractivity contribution in [2.45, 2.75) is 18.8 Å². The van der Waals surface area contributed by atoms with Gasteiger partial charge in [0.1, 0.15) is 17.4 Å². The Hall–Kier alpha value is -2.67. The first-order chi connectivity index (χ1) is 13.1. The third kappa shape index (κ3) is 3.35. The van der Waals surface area contributed by atoms with Crippen LogP contribution in [0.25, 0.3) is 6.08 Å². The minimum atomic E-state index is -0.202. The molecular weight excluding hydrogens is 379 g/mol. The number of allylic oxidation sites excluding steroid dienone is 3. The third-order valence-electron chi connectivity index (χ3n) is 4.90. The highest BCUT2D eigenvalue weighted by molar-refractivity contribution is 6.30. The van der Waals surface area contributed by atoms with Gasteiger partial charge in [0.2, 0.25) is 5.88 Å². The molecule has 3 nitrogen and oxygen atoms in total. The smallest absolute Gasteiger partial charge is 0.205 e. The first kappa shape index (κ1) is 17.7. The van der Waals surface area contributed by atoms with Gasteiger partial charge in [0, 0.05) is 16.0 Å². The van der Waals surface area contributed by atoms with Gasteiger partial charge in [0.15, 0.2) is 0 Å². The Labute approximate surface area is 168 Å². The summed E-state index contributed by atoms with van der Waals surface area (Å²) in [5, 5.41) is 11.0. The quantitative estimate of drug-likeness (QED) is 0.685. The third-order valence-corrected chi connectivity index (χ3v) is 5.40. The molecule has 1 aliphatic heterocycles. The Kier molecular flexibility index (Phi) is 4.70. The van der Waals surface area contributed by atoms with Crippen LogP contribution in [0.5, 0.6) is 0 Å². The number of nitrogens with zero attached hydrogens (tertiary/aromatic N) is 1. The summed E-state index contributed by atoms with van der Waals surface area (Å²) in [5.74, 6) is 0.744. The maximum atomic E-state index is 9.65. The summed E-state index contributed by atoms with van der Waals surface area (Å²) in [6.07, 6.45) is 3.74. The summed E-state index contributed by atoms with van der Waals surface area (Å²) in [6.45, 7) is 0. The van der Waals surface area contributed by atoms with Crippen LogP contribution in [0.4, 0.5) is 0 Å². The molecule has 0 unspecified atom stereocenters. The lowest BCUT2D eigenvalue weighted by molar-refractivity contribution is 0.292. The Morgan fingerprint density at radius 3 is 2.26 bits per heavy atom. The normalized spacial score (nSPS) is 20.5. The molecule has 0 spiro atoms. The molecule has 134 valence electrons. The van der Waals surface area contributed by atoms with Crippen molar-refractivity contribution >= 4 is 29.3 Å². The van der Waals surface area contributed by atoms with Crippen LogP contribution in [-0.4, -0.2) is 0 Å². The van der Waals surface area contributed by atoms with Crippen LogP contribution < -0.4 is 5.73 Å². The number of hydrogen-bond donors (Lipinski definition) is 1. The average Bonchev–Trinajstić information content (AvgIpc) is 3.05. The Morgan fingerprint density at radius 2 is 1.63 bits per heavy atom. The molecule has 2 N–H and O–H groups in total. The van der Waals surface area contributed by atoms with Crippen molar-refractivity contribution in [1.82, 2.24) is 0 Å². The summed E-state index contributed by atoms with van der Waals surface area (Å²) < 4.78 is 5.89. The van der Waals surface area contributed by atoms with Crippen LogP contribution in [0.15, 0.2) is 76.9 Å². The second-order valence-corrected chi connectivity index (χ2v) is 7.42. The van der Waals surface area contributed by atoms with Gasteiger partial charge >= 0.3 is 0 Å². The Morgan fingerprint density at radius 1 is 1.00 bits per heavy atom. The van der Waals surface area contributed by atoms with Crippen LogP contribution in [0.2, 0.25) is 10.0 Å². The van der Waals surface area contributed by atoms with Gasteiger partial charge in [-0.15, -0.1) is 0 Å². The van der Waals surface area contributed by atoms with Crippen LogP contribution in [0.3, 0.4) is 0 Å². The van der Waals surface area contributed by atoms with E-state index in [2.05, 4.69) is 12.1 Å². The molecule has 27 heavy (non-hydrogen) atoms. The minimum Gasteiger partial charge on any atom is -0.440 e. The largest absolute Gasteiger partial charge is 0.440 e. The van der Waals surface area contributed by atoms with E-state index in [0.29, 0.717) is 15.6 Å². The van der Waals surface area contributed by atoms with E-state index in [-0.39, 0.29) is 11.8 Å². The van der Waals surface area contributed by atoms with Crippen molar-refractivity contribution in [1.29, 1.82) is 5.26 Å². The van der Waals surface area contributed by atoms with E-state index in [4.69, 9.17) is 33.7 Å². The predicted octanol–water partition coefficient (Wildman–Crippen LogP) is 5.93. The predicted molar refractivity (Wildman–Crippen MR) is 108 cm³/mol. The molecule has 0 radical (unpaired) electrons. The molecule has 1 heterocycles. The number of ether oxygens (including phenoxy) is 1. The average molecular weight is 395 g/mol. The highest BCUT2D eigenvalue weighted by atomic mass is 35.5. The fraction of sp³-hybridized carbons (Fsp3) is 0.136. The van der Waals surface area contributed by atoms with Crippen molar-refractivity contribution in [3.05, 3.63) is 98.1 Å². The van der Waals surface area contributed by atoms with Gasteiger partial charge in [-0.1, -0.05) is 47.5 Å². The maximum Gasteiger partial charge on any atom is 0.205 e. The summed E-state index contributed by atoms with van der Waals surface area (Å²) in [6, 6.07) is 17.4. The van der Waals surface area contributed by atoms with Gasteiger partial charge in [0.05, 0.1) is 0 Å². The van der Waals surface area contributed by atoms with Gasteiger partial charge in [0.25, 0.3) is 0 Å². The molecule has 0 bridgehead atoms. The van der Waals surface area contributed by atoms with E-state index in [1.807, 2.05) is 48.5 Å². The SMILES string of the molecule is N#CC1=C(N)OC2=C(CC/C2=C\c2ccc(Cl)cc2)[C@@H]1c1ccc(Cl)cc1. The lowest BCUT2D eigenvalue weighted by Gasteiger charge is -2.26. The van der Waals surface area contributed by atoms with Crippen molar-refractivity contribution in [2.75, 3.05) is 0 Å². The molecule has 5 heteroatoms. The zero-order chi connectivity index (χ0) is 19.0. The molecule has 2 aliphatic rings. The number of rotatable bonds is 2. The van der Waals surface area contributed by atoms with Gasteiger partial charge in [-0.25, -0.2) is 0 Å². The van der Waals surface area contributed by atoms with Crippen LogP contribution in [0.1, 0.15) is 29.9 Å². The fourth-order valence-corrected chi connectivity index (χ4v) is 3.88. The maximum absolute atomic E-state index is 9.65. The highest BCUT2D eigenvalue weighted by Crippen LogP contribution is 2.48. The molecule has 0 fully saturated rings. The second kappa shape index (κ2) is 7.15. The van der Waals surface area contributed by atoms with Gasteiger partial charge in [-0.05, 0) is 65.5 Å². The van der Waals surface area contributed by atoms with E-state index in [1.54, 1.807) is 0 Å². The molecule has 0 amide bonds. The number of halogens is 2. The first-order valence-electron chi connectivity index (χ1n) is 8.59. The molecule has 1 atom stereocenters. The number of nitriles is 1. The minimum absolute atomic E-state index is 0.167. The lowest BCUT2D eigenvalue weighted by atomic mass is 9.83. The molecule has 0 saturated heterocycles. The molecule has 2 aromatic carbocycles. The summed E-state index contributed by atoms with van der Waals surface area (Å²) in [7, 11) is 0. The number of nitrogens with two attached hydrogens (primary N) is 1. The van der Waals surface area contributed by atoms with Crippen molar-refractivity contribution in [2.24, 2.45) is 5.73 Å². The van der Waals surface area contributed by atoms with Gasteiger partial charge < -0.3 is 10.5 Å². The summed E-state index contributed by atoms with van der Waals surface area (Å²) in [5.41, 5.74) is 10.8. The Balaban J connectivity index is 1.78. The summed E-state index contributed by atoms with van der Waals surface area (Å²) >= 11 is 12.0. The van der Waals surface area contributed by atoms with Crippen LogP contribution in [0, 0.1) is 11.3 Å². The van der Waals surface area contributed by atoms with Crippen molar-refractivity contribution in [3.63, 3.8) is 0 Å². The first-order valence-corrected chi connectivity index (χ1v) is 9.35. The van der Waals surface area contributed by atoms with Crippen LogP contribution >= 0.6 is 23.2 Å². The molecule has 0 aromatic heterocycles. The summed E-state index contributed by atoms with van der Waals surface area (Å²) in [4.78, 5) is 0. The Bertz CT molecular complexity index is 1030. The molecular formula is C22H16Cl2N2O. The molecule has 2 aromatic rings. The molecule has 1 aliphatic carbocycles. The van der Waals surface area contributed by atoms with Gasteiger partial charge in [-0.3, -0.25) is 0 Å². The zero-order valence-electron chi connectivity index (χ0n) is 14.4. The lowest BCUT2D eigenvalue weighted by Crippen LogP contribution is -2.19. The van der Waals surface area contributed by atoms with E-state index in [0.717, 1.165) is 40.9 Å². The van der Waals surface area contributed by atoms with E-state index >= 15 is 0 Å². The fourth-order valence-electron chi connectivity index (χ4n) is 3.63. The van der Waals surface area contributed by atoms with E-state index in [1.165, 1.54) is 0 Å². The zero-order valence-corrected chi connectivity index (χ0v) is 15.9. The molecule has 4 rings (SSSR count). The standard InChI is InChI=1S/C22H16Cl2N2O/c23-16-6-1-13(2-7-16)11-15-5-10-18-20(14-3-8-17(24)9-4-14)19(12-25)22(26)27-21(15)18/h1-4,6-9,11,20H,5,10,26H2/b15-11+/t20-/m0/s1. The molecule has 0 saturated carbocycles. The van der Waals surface area contributed by atoms with Crippen LogP contribution in [-0.2, 0) is 4.74 Å². The number of hydrogen-bond acceptors (Lipinski definition) is 3.